The molecular weight excluding hydrogens is 367 g/mol. The standard InChI is InChI=1S/C17H12F3N3O2S/c18-17(19,20)12-5-3-4-11(8-12)16-22-14(10-26-16)15(24)21-9-13-6-1-2-7-23(13)25/h1-8,10H,9H2,(H-,21,24,25)/p+1. The predicted molar refractivity (Wildman–Crippen MR) is 87.5 cm³/mol. The van der Waals surface area contributed by atoms with E-state index in [9.17, 15) is 23.2 Å². The smallest absolute Gasteiger partial charge is 0.340 e. The van der Waals surface area contributed by atoms with Gasteiger partial charge in [0.05, 0.1) is 5.56 Å². The van der Waals surface area contributed by atoms with Crippen molar-refractivity contribution in [3.8, 4) is 10.6 Å². The fourth-order valence-corrected chi connectivity index (χ4v) is 3.01. The molecule has 9 heteroatoms. The summed E-state index contributed by atoms with van der Waals surface area (Å²) in [5, 5.41) is 14.0. The minimum atomic E-state index is -4.44. The van der Waals surface area contributed by atoms with E-state index in [1.807, 2.05) is 0 Å². The number of thiazole rings is 1. The van der Waals surface area contributed by atoms with Crippen LogP contribution in [0.1, 0.15) is 21.7 Å². The summed E-state index contributed by atoms with van der Waals surface area (Å²) >= 11 is 1.08. The molecule has 0 bridgehead atoms. The van der Waals surface area contributed by atoms with Gasteiger partial charge in [0, 0.05) is 27.8 Å². The van der Waals surface area contributed by atoms with Gasteiger partial charge in [0.25, 0.3) is 11.6 Å². The van der Waals surface area contributed by atoms with Crippen LogP contribution in [0.3, 0.4) is 0 Å². The lowest BCUT2D eigenvalue weighted by atomic mass is 10.1. The van der Waals surface area contributed by atoms with Crippen molar-refractivity contribution in [2.45, 2.75) is 12.7 Å². The molecule has 26 heavy (non-hydrogen) atoms. The van der Waals surface area contributed by atoms with Gasteiger partial charge in [-0.3, -0.25) is 10.0 Å². The van der Waals surface area contributed by atoms with Crippen LogP contribution >= 0.6 is 11.3 Å². The molecule has 2 aromatic heterocycles. The van der Waals surface area contributed by atoms with Crippen molar-refractivity contribution in [2.75, 3.05) is 0 Å². The number of carbonyl (C=O) groups excluding carboxylic acids is 1. The van der Waals surface area contributed by atoms with E-state index in [0.717, 1.165) is 28.2 Å². The molecule has 5 nitrogen and oxygen atoms in total. The van der Waals surface area contributed by atoms with Crippen molar-refractivity contribution in [1.29, 1.82) is 0 Å². The summed E-state index contributed by atoms with van der Waals surface area (Å²) < 4.78 is 39.3. The first kappa shape index (κ1) is 17.9. The van der Waals surface area contributed by atoms with Gasteiger partial charge < -0.3 is 5.32 Å². The average molecular weight is 380 g/mol. The van der Waals surface area contributed by atoms with Crippen LogP contribution in [0.25, 0.3) is 10.6 Å². The number of halogens is 3. The molecule has 0 radical (unpaired) electrons. The topological polar surface area (TPSA) is 66.1 Å². The fraction of sp³-hybridized carbons (Fsp3) is 0.118. The Morgan fingerprint density at radius 3 is 2.77 bits per heavy atom. The number of rotatable bonds is 4. The van der Waals surface area contributed by atoms with Gasteiger partial charge in [0.15, 0.2) is 0 Å². The lowest BCUT2D eigenvalue weighted by Crippen LogP contribution is -2.38. The first-order chi connectivity index (χ1) is 12.3. The minimum Gasteiger partial charge on any atom is -0.340 e. The molecule has 0 saturated carbocycles. The Kier molecular flexibility index (Phi) is 4.90. The van der Waals surface area contributed by atoms with Crippen molar-refractivity contribution in [2.24, 2.45) is 0 Å². The van der Waals surface area contributed by atoms with E-state index in [1.54, 1.807) is 18.2 Å². The third-order valence-corrected chi connectivity index (χ3v) is 4.42. The molecule has 0 saturated heterocycles. The number of pyridine rings is 1. The monoisotopic (exact) mass is 380 g/mol. The molecule has 0 atom stereocenters. The molecule has 0 aliphatic rings. The van der Waals surface area contributed by atoms with Crippen molar-refractivity contribution in [1.82, 2.24) is 10.3 Å². The number of benzene rings is 1. The molecule has 1 aromatic carbocycles. The van der Waals surface area contributed by atoms with Crippen LogP contribution in [0, 0.1) is 0 Å². The molecule has 0 fully saturated rings. The molecule has 3 aromatic rings. The van der Waals surface area contributed by atoms with Crippen LogP contribution in [0.4, 0.5) is 13.2 Å². The number of hydrogen-bond donors (Lipinski definition) is 2. The van der Waals surface area contributed by atoms with Gasteiger partial charge in [0.1, 0.15) is 17.2 Å². The average Bonchev–Trinajstić information content (AvgIpc) is 3.10. The van der Waals surface area contributed by atoms with Gasteiger partial charge >= 0.3 is 6.18 Å². The van der Waals surface area contributed by atoms with Gasteiger partial charge in [-0.15, -0.1) is 11.3 Å². The van der Waals surface area contributed by atoms with Gasteiger partial charge in [-0.2, -0.15) is 13.2 Å². The highest BCUT2D eigenvalue weighted by Crippen LogP contribution is 2.33. The Labute approximate surface area is 150 Å². The Hall–Kier alpha value is -2.94. The lowest BCUT2D eigenvalue weighted by molar-refractivity contribution is -0.909. The molecule has 0 aliphatic heterocycles. The summed E-state index contributed by atoms with van der Waals surface area (Å²) in [7, 11) is 0. The van der Waals surface area contributed by atoms with Gasteiger partial charge in [-0.05, 0) is 18.2 Å². The van der Waals surface area contributed by atoms with E-state index in [0.29, 0.717) is 16.3 Å². The van der Waals surface area contributed by atoms with Crippen LogP contribution in [-0.4, -0.2) is 16.1 Å². The molecule has 3 rings (SSSR count). The minimum absolute atomic E-state index is 0.0760. The van der Waals surface area contributed by atoms with Crippen LogP contribution < -0.4 is 10.0 Å². The van der Waals surface area contributed by atoms with Crippen molar-refractivity contribution < 1.29 is 27.9 Å². The first-order valence-corrected chi connectivity index (χ1v) is 8.33. The molecule has 1 amide bonds. The van der Waals surface area contributed by atoms with Gasteiger partial charge in [-0.25, -0.2) is 4.98 Å². The Bertz CT molecular complexity index is 941. The lowest BCUT2D eigenvalue weighted by Gasteiger charge is -2.07. The summed E-state index contributed by atoms with van der Waals surface area (Å²) in [4.78, 5) is 16.3. The van der Waals surface area contributed by atoms with Crippen LogP contribution in [0.2, 0.25) is 0 Å². The van der Waals surface area contributed by atoms with E-state index in [2.05, 4.69) is 10.3 Å². The zero-order chi connectivity index (χ0) is 18.7. The summed E-state index contributed by atoms with van der Waals surface area (Å²) in [6.07, 6.45) is -3.01. The number of alkyl halides is 3. The zero-order valence-corrected chi connectivity index (χ0v) is 14.0. The van der Waals surface area contributed by atoms with Gasteiger partial charge in [-0.1, -0.05) is 12.1 Å². The van der Waals surface area contributed by atoms with E-state index in [4.69, 9.17) is 0 Å². The first-order valence-electron chi connectivity index (χ1n) is 7.45. The maximum absolute atomic E-state index is 12.8. The summed E-state index contributed by atoms with van der Waals surface area (Å²) in [6, 6.07) is 9.77. The number of amides is 1. The van der Waals surface area contributed by atoms with Crippen LogP contribution in [0.5, 0.6) is 0 Å². The van der Waals surface area contributed by atoms with Crippen molar-refractivity contribution >= 4 is 17.2 Å². The highest BCUT2D eigenvalue weighted by molar-refractivity contribution is 7.13. The summed E-state index contributed by atoms with van der Waals surface area (Å²) in [6.45, 7) is 0.0760. The fourth-order valence-electron chi connectivity index (χ4n) is 2.21. The third kappa shape index (κ3) is 3.99. The largest absolute Gasteiger partial charge is 0.416 e. The second-order valence-electron chi connectivity index (χ2n) is 5.34. The molecular formula is C17H13F3N3O2S+. The summed E-state index contributed by atoms with van der Waals surface area (Å²) in [5.41, 5.74) is 0.0879. The van der Waals surface area contributed by atoms with Crippen molar-refractivity contribution in [3.05, 3.63) is 71.0 Å². The maximum atomic E-state index is 12.8. The van der Waals surface area contributed by atoms with E-state index in [-0.39, 0.29) is 12.2 Å². The Morgan fingerprint density at radius 2 is 2.04 bits per heavy atom. The summed E-state index contributed by atoms with van der Waals surface area (Å²) in [5.74, 6) is -0.483. The van der Waals surface area contributed by atoms with Crippen LogP contribution in [0.15, 0.2) is 54.0 Å². The van der Waals surface area contributed by atoms with Gasteiger partial charge in [0.2, 0.25) is 6.20 Å². The normalized spacial score (nSPS) is 11.3. The highest BCUT2D eigenvalue weighted by Gasteiger charge is 2.30. The molecule has 0 unspecified atom stereocenters. The SMILES string of the molecule is O=C(NCc1cccc[n+]1O)c1csc(-c2cccc(C(F)(F)F)c2)n1. The number of nitrogens with one attached hydrogen (secondary N) is 1. The molecule has 0 aliphatic carbocycles. The van der Waals surface area contributed by atoms with Crippen LogP contribution in [-0.2, 0) is 12.7 Å². The number of aromatic nitrogens is 2. The molecule has 2 N–H and O–H groups in total. The molecule has 134 valence electrons. The molecule has 0 spiro atoms. The predicted octanol–water partition coefficient (Wildman–Crippen LogP) is 3.28. The highest BCUT2D eigenvalue weighted by atomic mass is 32.1. The Balaban J connectivity index is 1.73. The maximum Gasteiger partial charge on any atom is 0.416 e. The van der Waals surface area contributed by atoms with E-state index < -0.39 is 17.6 Å². The number of hydrogen-bond acceptors (Lipinski definition) is 4. The second-order valence-corrected chi connectivity index (χ2v) is 6.19. The Morgan fingerprint density at radius 1 is 1.23 bits per heavy atom. The zero-order valence-electron chi connectivity index (χ0n) is 13.2. The second kappa shape index (κ2) is 7.12. The molecule has 2 heterocycles. The number of nitrogens with zero attached hydrogens (tertiary/aromatic N) is 2. The quantitative estimate of drug-likeness (QED) is 0.539. The van der Waals surface area contributed by atoms with E-state index in [1.165, 1.54) is 23.7 Å². The van der Waals surface area contributed by atoms with Crippen molar-refractivity contribution in [3.63, 3.8) is 0 Å². The third-order valence-electron chi connectivity index (χ3n) is 3.52. The number of carbonyl (C=O) groups is 1. The van der Waals surface area contributed by atoms with E-state index >= 15 is 0 Å².